The maximum absolute atomic E-state index is 9.70. The lowest BCUT2D eigenvalue weighted by molar-refractivity contribution is 0.401. The summed E-state index contributed by atoms with van der Waals surface area (Å²) in [5.41, 5.74) is 3.39. The van der Waals surface area contributed by atoms with E-state index in [9.17, 15) is 10.2 Å². The zero-order chi connectivity index (χ0) is 16.8. The summed E-state index contributed by atoms with van der Waals surface area (Å²) in [6.07, 6.45) is 9.33. The first-order valence-electron chi connectivity index (χ1n) is 7.73. The molecular formula is C20H28O2. The van der Waals surface area contributed by atoms with Crippen molar-refractivity contribution in [2.75, 3.05) is 0 Å². The zero-order valence-corrected chi connectivity index (χ0v) is 14.2. The molecule has 22 heavy (non-hydrogen) atoms. The highest BCUT2D eigenvalue weighted by Gasteiger charge is 2.22. The number of phenols is 2. The van der Waals surface area contributed by atoms with Crippen molar-refractivity contribution in [1.82, 2.24) is 0 Å². The Kier molecular flexibility index (Phi) is 6.48. The van der Waals surface area contributed by atoms with E-state index in [2.05, 4.69) is 46.4 Å². The topological polar surface area (TPSA) is 40.5 Å². The van der Waals surface area contributed by atoms with Gasteiger partial charge in [0.15, 0.2) is 11.5 Å². The Morgan fingerprint density at radius 2 is 1.82 bits per heavy atom. The molecule has 120 valence electrons. The number of benzene rings is 1. The Morgan fingerprint density at radius 3 is 2.36 bits per heavy atom. The summed E-state index contributed by atoms with van der Waals surface area (Å²) in [5, 5.41) is 19.1. The summed E-state index contributed by atoms with van der Waals surface area (Å²) in [6.45, 7) is 12.4. The van der Waals surface area contributed by atoms with Gasteiger partial charge in [0, 0.05) is 5.41 Å². The highest BCUT2D eigenvalue weighted by molar-refractivity contribution is 5.44. The van der Waals surface area contributed by atoms with Gasteiger partial charge in [0.2, 0.25) is 0 Å². The largest absolute Gasteiger partial charge is 0.504 e. The fourth-order valence-corrected chi connectivity index (χ4v) is 2.27. The Labute approximate surface area is 134 Å². The molecule has 0 saturated heterocycles. The molecule has 0 bridgehead atoms. The van der Waals surface area contributed by atoms with E-state index in [4.69, 9.17) is 0 Å². The average Bonchev–Trinajstić information content (AvgIpc) is 2.47. The summed E-state index contributed by atoms with van der Waals surface area (Å²) < 4.78 is 0. The first kappa shape index (κ1) is 18.1. The third kappa shape index (κ3) is 5.10. The van der Waals surface area contributed by atoms with Gasteiger partial charge in [-0.3, -0.25) is 0 Å². The first-order chi connectivity index (χ1) is 10.3. The molecule has 0 amide bonds. The molecule has 0 aromatic heterocycles. The SMILES string of the molecule is C=CC(C)(C/C=C(\C)CCC=C(C)C)c1ccc(O)c(O)c1. The summed E-state index contributed by atoms with van der Waals surface area (Å²) >= 11 is 0. The maximum Gasteiger partial charge on any atom is 0.157 e. The Balaban J connectivity index is 2.83. The molecule has 1 rings (SSSR count). The van der Waals surface area contributed by atoms with Crippen LogP contribution in [0.4, 0.5) is 0 Å². The van der Waals surface area contributed by atoms with Crippen LogP contribution >= 0.6 is 0 Å². The fraction of sp³-hybridized carbons (Fsp3) is 0.400. The predicted molar refractivity (Wildman–Crippen MR) is 94.4 cm³/mol. The summed E-state index contributed by atoms with van der Waals surface area (Å²) in [4.78, 5) is 0. The Hall–Kier alpha value is -1.96. The van der Waals surface area contributed by atoms with E-state index in [0.717, 1.165) is 24.8 Å². The van der Waals surface area contributed by atoms with Crippen LogP contribution in [0.5, 0.6) is 11.5 Å². The molecular weight excluding hydrogens is 272 g/mol. The van der Waals surface area contributed by atoms with Gasteiger partial charge in [0.05, 0.1) is 0 Å². The minimum Gasteiger partial charge on any atom is -0.504 e. The fourth-order valence-electron chi connectivity index (χ4n) is 2.27. The Bertz CT molecular complexity index is 577. The van der Waals surface area contributed by atoms with Crippen LogP contribution in [-0.4, -0.2) is 10.2 Å². The molecule has 1 aromatic carbocycles. The molecule has 0 fully saturated rings. The number of hydrogen-bond acceptors (Lipinski definition) is 2. The van der Waals surface area contributed by atoms with Gasteiger partial charge in [-0.1, -0.05) is 42.4 Å². The van der Waals surface area contributed by atoms with Crippen LogP contribution in [0.3, 0.4) is 0 Å². The van der Waals surface area contributed by atoms with Crippen molar-refractivity contribution in [3.63, 3.8) is 0 Å². The van der Waals surface area contributed by atoms with Crippen molar-refractivity contribution in [2.45, 2.75) is 52.4 Å². The normalized spacial score (nSPS) is 14.3. The van der Waals surface area contributed by atoms with E-state index in [-0.39, 0.29) is 16.9 Å². The summed E-state index contributed by atoms with van der Waals surface area (Å²) in [7, 11) is 0. The van der Waals surface area contributed by atoms with Gasteiger partial charge in [-0.2, -0.15) is 0 Å². The maximum atomic E-state index is 9.70. The molecule has 0 aliphatic heterocycles. The predicted octanol–water partition coefficient (Wildman–Crippen LogP) is 5.62. The van der Waals surface area contributed by atoms with Gasteiger partial charge in [-0.25, -0.2) is 0 Å². The number of aromatic hydroxyl groups is 2. The van der Waals surface area contributed by atoms with Crippen LogP contribution in [0.1, 0.15) is 52.5 Å². The Morgan fingerprint density at radius 1 is 1.14 bits per heavy atom. The van der Waals surface area contributed by atoms with E-state index in [1.54, 1.807) is 6.07 Å². The minimum absolute atomic E-state index is 0.0881. The summed E-state index contributed by atoms with van der Waals surface area (Å²) in [5.74, 6) is -0.182. The molecule has 2 heteroatoms. The molecule has 0 spiro atoms. The van der Waals surface area contributed by atoms with Gasteiger partial charge >= 0.3 is 0 Å². The molecule has 1 aromatic rings. The lowest BCUT2D eigenvalue weighted by Crippen LogP contribution is -2.17. The number of allylic oxidation sites excluding steroid dienone is 5. The van der Waals surface area contributed by atoms with Crippen molar-refractivity contribution in [2.24, 2.45) is 0 Å². The third-order valence-corrected chi connectivity index (χ3v) is 4.05. The highest BCUT2D eigenvalue weighted by Crippen LogP contribution is 2.35. The number of hydrogen-bond donors (Lipinski definition) is 2. The lowest BCUT2D eigenvalue weighted by atomic mass is 9.79. The second-order valence-corrected chi connectivity index (χ2v) is 6.40. The van der Waals surface area contributed by atoms with Crippen molar-refractivity contribution in [3.05, 3.63) is 59.7 Å². The average molecular weight is 300 g/mol. The lowest BCUT2D eigenvalue weighted by Gasteiger charge is -2.25. The standard InChI is InChI=1S/C20H28O2/c1-6-20(5,17-10-11-18(21)19(22)14-17)13-12-16(4)9-7-8-15(2)3/h6,8,10-12,14,21-22H,1,7,9,13H2,2-5H3/b16-12+. The smallest absolute Gasteiger partial charge is 0.157 e. The minimum atomic E-state index is -0.261. The van der Waals surface area contributed by atoms with Crippen LogP contribution in [0.2, 0.25) is 0 Å². The number of rotatable bonds is 7. The van der Waals surface area contributed by atoms with Crippen molar-refractivity contribution in [3.8, 4) is 11.5 Å². The van der Waals surface area contributed by atoms with Crippen LogP contribution < -0.4 is 0 Å². The molecule has 1 atom stereocenters. The van der Waals surface area contributed by atoms with Gasteiger partial charge in [-0.15, -0.1) is 6.58 Å². The molecule has 0 aliphatic rings. The van der Waals surface area contributed by atoms with Gasteiger partial charge in [-0.05, 0) is 57.7 Å². The van der Waals surface area contributed by atoms with Crippen LogP contribution in [-0.2, 0) is 5.41 Å². The molecule has 0 radical (unpaired) electrons. The second kappa shape index (κ2) is 7.88. The first-order valence-corrected chi connectivity index (χ1v) is 7.73. The van der Waals surface area contributed by atoms with Gasteiger partial charge in [0.25, 0.3) is 0 Å². The van der Waals surface area contributed by atoms with Gasteiger partial charge in [0.1, 0.15) is 0 Å². The molecule has 2 nitrogen and oxygen atoms in total. The van der Waals surface area contributed by atoms with Crippen LogP contribution in [0.25, 0.3) is 0 Å². The van der Waals surface area contributed by atoms with E-state index >= 15 is 0 Å². The molecule has 0 heterocycles. The van der Waals surface area contributed by atoms with E-state index in [0.29, 0.717) is 0 Å². The molecule has 2 N–H and O–H groups in total. The third-order valence-electron chi connectivity index (χ3n) is 4.05. The van der Waals surface area contributed by atoms with E-state index in [1.165, 1.54) is 17.2 Å². The highest BCUT2D eigenvalue weighted by atomic mass is 16.3. The van der Waals surface area contributed by atoms with Crippen LogP contribution in [0.15, 0.2) is 54.2 Å². The van der Waals surface area contributed by atoms with Gasteiger partial charge < -0.3 is 10.2 Å². The second-order valence-electron chi connectivity index (χ2n) is 6.40. The zero-order valence-electron chi connectivity index (χ0n) is 14.2. The van der Waals surface area contributed by atoms with E-state index in [1.807, 2.05) is 12.1 Å². The quantitative estimate of drug-likeness (QED) is 0.506. The van der Waals surface area contributed by atoms with Crippen LogP contribution in [0, 0.1) is 0 Å². The van der Waals surface area contributed by atoms with Crippen molar-refractivity contribution < 1.29 is 10.2 Å². The summed E-state index contributed by atoms with van der Waals surface area (Å²) in [6, 6.07) is 4.98. The molecule has 0 aliphatic carbocycles. The van der Waals surface area contributed by atoms with E-state index < -0.39 is 0 Å². The molecule has 0 saturated carbocycles. The molecule has 1 unspecified atom stereocenters. The van der Waals surface area contributed by atoms with Crippen molar-refractivity contribution in [1.29, 1.82) is 0 Å². The monoisotopic (exact) mass is 300 g/mol. The van der Waals surface area contributed by atoms with Crippen molar-refractivity contribution >= 4 is 0 Å². The number of phenolic OH excluding ortho intramolecular Hbond substituents is 2.